The van der Waals surface area contributed by atoms with Crippen molar-refractivity contribution in [3.8, 4) is 0 Å². The number of hydrogen-bond donors (Lipinski definition) is 2. The van der Waals surface area contributed by atoms with Crippen LogP contribution in [0.1, 0.15) is 13.3 Å². The fraction of sp³-hybridized carbons (Fsp3) is 1.00. The van der Waals surface area contributed by atoms with Crippen molar-refractivity contribution in [2.24, 2.45) is 0 Å². The molecule has 0 aliphatic heterocycles. The van der Waals surface area contributed by atoms with E-state index in [2.05, 4.69) is 0 Å². The Bertz CT molecular complexity index is 153. The lowest BCUT2D eigenvalue weighted by Gasteiger charge is -2.20. The van der Waals surface area contributed by atoms with Crippen molar-refractivity contribution in [2.45, 2.75) is 24.4 Å². The predicted molar refractivity (Wildman–Crippen MR) is 39.0 cm³/mol. The van der Waals surface area contributed by atoms with Gasteiger partial charge in [0.2, 0.25) is 0 Å². The highest BCUT2D eigenvalue weighted by molar-refractivity contribution is 6.23. The molecular weight excluding hydrogens is 174 g/mol. The summed E-state index contributed by atoms with van der Waals surface area (Å²) in [5, 5.41) is 27.7. The third-order valence-corrected chi connectivity index (χ3v) is 1.93. The summed E-state index contributed by atoms with van der Waals surface area (Å²) in [7, 11) is 0. The average Bonchev–Trinajstić information content (AvgIpc) is 2.01. The third-order valence-electron chi connectivity index (χ3n) is 1.42. The fourth-order valence-corrected chi connectivity index (χ4v) is 0.752. The van der Waals surface area contributed by atoms with E-state index in [0.29, 0.717) is 0 Å². The molecule has 0 amide bonds. The van der Waals surface area contributed by atoms with E-state index in [-0.39, 0.29) is 6.42 Å². The molecule has 11 heavy (non-hydrogen) atoms. The molecule has 0 aromatic rings. The summed E-state index contributed by atoms with van der Waals surface area (Å²) in [6.07, 6.45) is -1.20. The van der Waals surface area contributed by atoms with E-state index in [9.17, 15) is 10.1 Å². The lowest BCUT2D eigenvalue weighted by atomic mass is 10.1. The maximum Gasteiger partial charge on any atom is 0.342 e. The predicted octanol–water partition coefficient (Wildman–Crippen LogP) is -0.0386. The number of aliphatic hydroxyl groups is 2. The Morgan fingerprint density at radius 3 is 2.36 bits per heavy atom. The fourth-order valence-electron chi connectivity index (χ4n) is 0.598. The van der Waals surface area contributed by atoms with E-state index >= 15 is 0 Å². The molecule has 0 aromatic heterocycles. The van der Waals surface area contributed by atoms with Crippen molar-refractivity contribution in [1.29, 1.82) is 0 Å². The van der Waals surface area contributed by atoms with Crippen molar-refractivity contribution in [3.05, 3.63) is 10.1 Å². The van der Waals surface area contributed by atoms with Crippen LogP contribution in [-0.2, 0) is 0 Å². The van der Waals surface area contributed by atoms with Crippen molar-refractivity contribution >= 4 is 11.6 Å². The van der Waals surface area contributed by atoms with Gasteiger partial charge in [-0.3, -0.25) is 10.1 Å². The van der Waals surface area contributed by atoms with Gasteiger partial charge in [-0.25, -0.2) is 0 Å². The zero-order valence-corrected chi connectivity index (χ0v) is 6.78. The summed E-state index contributed by atoms with van der Waals surface area (Å²) in [5.74, 6) is 0. The van der Waals surface area contributed by atoms with Crippen LogP contribution in [0.25, 0.3) is 0 Å². The van der Waals surface area contributed by atoms with Gasteiger partial charge in [-0.05, 0) is 18.0 Å². The number of rotatable bonds is 4. The zero-order chi connectivity index (χ0) is 9.07. The van der Waals surface area contributed by atoms with E-state index in [1.54, 1.807) is 6.92 Å². The first-order valence-electron chi connectivity index (χ1n) is 3.11. The number of halogens is 1. The van der Waals surface area contributed by atoms with E-state index < -0.39 is 22.6 Å². The van der Waals surface area contributed by atoms with Crippen LogP contribution in [0.2, 0.25) is 0 Å². The summed E-state index contributed by atoms with van der Waals surface area (Å²) in [4.78, 5) is 7.18. The minimum Gasteiger partial charge on any atom is -0.387 e. The van der Waals surface area contributed by atoms with Gasteiger partial charge < -0.3 is 10.2 Å². The molecule has 0 bridgehead atoms. The monoisotopic (exact) mass is 183 g/mol. The van der Waals surface area contributed by atoms with E-state index in [4.69, 9.17) is 21.8 Å². The van der Waals surface area contributed by atoms with E-state index in [0.717, 1.165) is 0 Å². The van der Waals surface area contributed by atoms with Gasteiger partial charge in [0.15, 0.2) is 0 Å². The molecule has 0 radical (unpaired) electrons. The van der Waals surface area contributed by atoms with Gasteiger partial charge in [0.25, 0.3) is 0 Å². The standard InChI is InChI=1S/C5H10ClNO4/c1-2-4(9)5(6,3-8)7(10)11/h4,8-9H,2-3H2,1H3. The molecule has 0 spiro atoms. The molecule has 0 aromatic carbocycles. The number of alkyl halides is 1. The Morgan fingerprint density at radius 1 is 1.82 bits per heavy atom. The molecule has 0 saturated carbocycles. The smallest absolute Gasteiger partial charge is 0.342 e. The van der Waals surface area contributed by atoms with Gasteiger partial charge in [0, 0.05) is 4.92 Å². The number of aliphatic hydroxyl groups excluding tert-OH is 2. The molecule has 0 aliphatic rings. The van der Waals surface area contributed by atoms with Crippen molar-refractivity contribution < 1.29 is 15.1 Å². The Morgan fingerprint density at radius 2 is 2.27 bits per heavy atom. The lowest BCUT2D eigenvalue weighted by molar-refractivity contribution is -0.557. The summed E-state index contributed by atoms with van der Waals surface area (Å²) >= 11 is 5.31. The van der Waals surface area contributed by atoms with Gasteiger partial charge in [0.1, 0.15) is 12.7 Å². The van der Waals surface area contributed by atoms with Crippen LogP contribution < -0.4 is 0 Å². The normalized spacial score (nSPS) is 18.9. The second kappa shape index (κ2) is 3.85. The van der Waals surface area contributed by atoms with E-state index in [1.165, 1.54) is 0 Å². The molecule has 5 nitrogen and oxygen atoms in total. The van der Waals surface area contributed by atoms with Crippen molar-refractivity contribution in [1.82, 2.24) is 0 Å². The highest BCUT2D eigenvalue weighted by Gasteiger charge is 2.46. The second-order valence-corrected chi connectivity index (χ2v) is 2.81. The summed E-state index contributed by atoms with van der Waals surface area (Å²) in [6.45, 7) is 0.664. The largest absolute Gasteiger partial charge is 0.387 e. The molecule has 0 saturated heterocycles. The summed E-state index contributed by atoms with van der Waals surface area (Å²) in [6, 6.07) is 0. The van der Waals surface area contributed by atoms with E-state index in [1.807, 2.05) is 0 Å². The Kier molecular flexibility index (Phi) is 3.71. The quantitative estimate of drug-likeness (QED) is 0.277. The first-order valence-corrected chi connectivity index (χ1v) is 3.49. The molecule has 0 aliphatic carbocycles. The summed E-state index contributed by atoms with van der Waals surface area (Å²) in [5.41, 5.74) is 0. The van der Waals surface area contributed by atoms with Gasteiger partial charge in [0.05, 0.1) is 0 Å². The van der Waals surface area contributed by atoms with Gasteiger partial charge in [-0.15, -0.1) is 0 Å². The van der Waals surface area contributed by atoms with Gasteiger partial charge in [-0.2, -0.15) is 0 Å². The van der Waals surface area contributed by atoms with Crippen LogP contribution in [-0.4, -0.2) is 32.8 Å². The number of nitro groups is 1. The van der Waals surface area contributed by atoms with Crippen LogP contribution in [0.5, 0.6) is 0 Å². The Hall–Kier alpha value is -0.390. The van der Waals surface area contributed by atoms with Crippen LogP contribution in [0.3, 0.4) is 0 Å². The molecule has 0 rings (SSSR count). The molecular formula is C5H10ClNO4. The van der Waals surface area contributed by atoms with Gasteiger partial charge >= 0.3 is 5.00 Å². The Labute approximate surface area is 68.7 Å². The maximum atomic E-state index is 10.2. The molecule has 66 valence electrons. The molecule has 0 fully saturated rings. The molecule has 0 heterocycles. The first-order chi connectivity index (χ1) is 4.99. The zero-order valence-electron chi connectivity index (χ0n) is 6.03. The highest BCUT2D eigenvalue weighted by atomic mass is 35.5. The lowest BCUT2D eigenvalue weighted by Crippen LogP contribution is -2.47. The molecule has 2 N–H and O–H groups in total. The maximum absolute atomic E-state index is 10.2. The first kappa shape index (κ1) is 10.6. The van der Waals surface area contributed by atoms with Crippen LogP contribution in [0, 0.1) is 10.1 Å². The topological polar surface area (TPSA) is 83.6 Å². The minimum atomic E-state index is -2.14. The molecule has 2 atom stereocenters. The summed E-state index contributed by atoms with van der Waals surface area (Å²) < 4.78 is 0. The minimum absolute atomic E-state index is 0.130. The Balaban J connectivity index is 4.45. The third kappa shape index (κ3) is 2.02. The molecule has 2 unspecified atom stereocenters. The van der Waals surface area contributed by atoms with Crippen molar-refractivity contribution in [2.75, 3.05) is 6.61 Å². The average molecular weight is 184 g/mol. The van der Waals surface area contributed by atoms with Crippen LogP contribution >= 0.6 is 11.6 Å². The van der Waals surface area contributed by atoms with Crippen LogP contribution in [0.15, 0.2) is 0 Å². The van der Waals surface area contributed by atoms with Gasteiger partial charge in [-0.1, -0.05) is 6.92 Å². The number of nitrogens with zero attached hydrogens (tertiary/aromatic N) is 1. The van der Waals surface area contributed by atoms with Crippen LogP contribution in [0.4, 0.5) is 0 Å². The van der Waals surface area contributed by atoms with Crippen molar-refractivity contribution in [3.63, 3.8) is 0 Å². The number of hydrogen-bond acceptors (Lipinski definition) is 4. The molecule has 6 heteroatoms. The SMILES string of the molecule is CCC(O)C(Cl)(CO)[N+](=O)[O-]. The highest BCUT2D eigenvalue weighted by Crippen LogP contribution is 2.22. The second-order valence-electron chi connectivity index (χ2n) is 2.16.